The van der Waals surface area contributed by atoms with E-state index in [0.29, 0.717) is 32.1 Å². The lowest BCUT2D eigenvalue weighted by Gasteiger charge is -2.15. The molecule has 29 heavy (non-hydrogen) atoms. The van der Waals surface area contributed by atoms with Crippen molar-refractivity contribution in [1.29, 1.82) is 0 Å². The van der Waals surface area contributed by atoms with Gasteiger partial charge in [0, 0.05) is 16.8 Å². The van der Waals surface area contributed by atoms with Crippen LogP contribution in [0, 0.1) is 0 Å². The van der Waals surface area contributed by atoms with Gasteiger partial charge in [0.2, 0.25) is 12.7 Å². The molecule has 8 heteroatoms. The summed E-state index contributed by atoms with van der Waals surface area (Å²) in [5.41, 5.74) is 0.940. The van der Waals surface area contributed by atoms with Crippen LogP contribution < -0.4 is 14.8 Å². The van der Waals surface area contributed by atoms with Crippen molar-refractivity contribution in [3.05, 3.63) is 69.7 Å². The Balaban J connectivity index is 1.33. The van der Waals surface area contributed by atoms with E-state index in [9.17, 15) is 9.90 Å². The van der Waals surface area contributed by atoms with Crippen molar-refractivity contribution in [2.45, 2.75) is 24.4 Å². The number of aliphatic hydroxyl groups excluding tert-OH is 1. The first-order chi connectivity index (χ1) is 14.1. The zero-order valence-corrected chi connectivity index (χ0v) is 16.8. The fourth-order valence-electron chi connectivity index (χ4n) is 3.50. The van der Waals surface area contributed by atoms with E-state index in [0.717, 1.165) is 18.4 Å². The molecule has 1 saturated carbocycles. The van der Waals surface area contributed by atoms with Crippen molar-refractivity contribution in [2.24, 2.45) is 0 Å². The van der Waals surface area contributed by atoms with Crippen molar-refractivity contribution in [3.8, 4) is 11.5 Å². The number of amides is 1. The molecule has 3 aromatic rings. The number of rotatable bonds is 5. The number of carbonyl (C=O) groups excluding carboxylic acids is 1. The number of nitrogens with zero attached hydrogens (tertiary/aromatic N) is 1. The van der Waals surface area contributed by atoms with E-state index >= 15 is 0 Å². The Bertz CT molecular complexity index is 1100. The van der Waals surface area contributed by atoms with Gasteiger partial charge in [0.25, 0.3) is 0 Å². The van der Waals surface area contributed by atoms with Gasteiger partial charge in [-0.2, -0.15) is 0 Å². The van der Waals surface area contributed by atoms with Gasteiger partial charge in [0.05, 0.1) is 10.3 Å². The number of thiazole rings is 1. The summed E-state index contributed by atoms with van der Waals surface area (Å²) in [6.45, 7) is 0.202. The lowest BCUT2D eigenvalue weighted by atomic mass is 9.94. The number of ether oxygens (including phenoxy) is 2. The minimum absolute atomic E-state index is 0.107. The zero-order chi connectivity index (χ0) is 20.0. The van der Waals surface area contributed by atoms with Crippen LogP contribution in [0.15, 0.2) is 48.7 Å². The number of hydrogen-bond donors (Lipinski definition) is 2. The normalized spacial score (nSPS) is 17.0. The second kappa shape index (κ2) is 7.02. The van der Waals surface area contributed by atoms with Crippen LogP contribution >= 0.6 is 22.9 Å². The van der Waals surface area contributed by atoms with Crippen LogP contribution in [-0.2, 0) is 10.2 Å². The summed E-state index contributed by atoms with van der Waals surface area (Å²) in [6, 6.07) is 12.7. The maximum atomic E-state index is 13.0. The second-order valence-electron chi connectivity index (χ2n) is 7.10. The van der Waals surface area contributed by atoms with E-state index in [2.05, 4.69) is 10.3 Å². The van der Waals surface area contributed by atoms with Crippen LogP contribution in [0.1, 0.15) is 34.9 Å². The zero-order valence-electron chi connectivity index (χ0n) is 15.2. The molecule has 6 nitrogen and oxygen atoms in total. The van der Waals surface area contributed by atoms with Gasteiger partial charge < -0.3 is 19.9 Å². The predicted octanol–water partition coefficient (Wildman–Crippen LogP) is 4.28. The highest BCUT2D eigenvalue weighted by atomic mass is 35.5. The molecule has 2 N–H and O–H groups in total. The van der Waals surface area contributed by atoms with E-state index in [1.165, 1.54) is 11.3 Å². The molecule has 0 saturated heterocycles. The van der Waals surface area contributed by atoms with Crippen LogP contribution in [0.25, 0.3) is 0 Å². The van der Waals surface area contributed by atoms with E-state index < -0.39 is 11.5 Å². The SMILES string of the molecule is O=C(Nc1ncc([C@@H](O)c2ccccc2Cl)s1)C1(c2ccc3c(c2)OCO3)CC1. The molecule has 1 fully saturated rings. The number of nitrogens with one attached hydrogen (secondary N) is 1. The minimum atomic E-state index is -0.893. The number of aliphatic hydroxyl groups is 1. The van der Waals surface area contributed by atoms with Crippen molar-refractivity contribution in [2.75, 3.05) is 12.1 Å². The fraction of sp³-hybridized carbons (Fsp3) is 0.238. The van der Waals surface area contributed by atoms with Crippen molar-refractivity contribution in [1.82, 2.24) is 4.98 Å². The highest BCUT2D eigenvalue weighted by molar-refractivity contribution is 7.15. The molecule has 148 valence electrons. The lowest BCUT2D eigenvalue weighted by molar-refractivity contribution is -0.118. The summed E-state index contributed by atoms with van der Waals surface area (Å²) in [5, 5.41) is 14.4. The molecule has 2 aromatic carbocycles. The number of aromatic nitrogens is 1. The largest absolute Gasteiger partial charge is 0.454 e. The third-order valence-corrected chi connectivity index (χ3v) is 6.63. The van der Waals surface area contributed by atoms with Gasteiger partial charge in [-0.1, -0.05) is 47.2 Å². The van der Waals surface area contributed by atoms with Crippen molar-refractivity contribution >= 4 is 34.0 Å². The first-order valence-electron chi connectivity index (χ1n) is 9.17. The van der Waals surface area contributed by atoms with Gasteiger partial charge >= 0.3 is 0 Å². The molecule has 1 aliphatic heterocycles. The van der Waals surface area contributed by atoms with Crippen LogP contribution in [0.3, 0.4) is 0 Å². The Morgan fingerprint density at radius 2 is 2.00 bits per heavy atom. The molecule has 0 bridgehead atoms. The summed E-state index contributed by atoms with van der Waals surface area (Å²) in [5.74, 6) is 1.26. The van der Waals surface area contributed by atoms with E-state index in [-0.39, 0.29) is 12.7 Å². The van der Waals surface area contributed by atoms with Crippen LogP contribution in [0.4, 0.5) is 5.13 Å². The third-order valence-electron chi connectivity index (χ3n) is 5.32. The highest BCUT2D eigenvalue weighted by Gasteiger charge is 2.52. The van der Waals surface area contributed by atoms with Gasteiger partial charge in [-0.3, -0.25) is 4.79 Å². The Morgan fingerprint density at radius 3 is 2.79 bits per heavy atom. The average Bonchev–Trinajstić information content (AvgIpc) is 3.18. The standard InChI is InChI=1S/C21H17ClN2O4S/c22-14-4-2-1-3-13(14)18(25)17-10-23-20(29-17)24-19(26)21(7-8-21)12-5-6-15-16(9-12)28-11-27-15/h1-6,9-10,18,25H,7-8,11H2,(H,23,24,26)/t18-/m0/s1. The molecule has 0 spiro atoms. The lowest BCUT2D eigenvalue weighted by Crippen LogP contribution is -2.27. The summed E-state index contributed by atoms with van der Waals surface area (Å²) in [7, 11) is 0. The van der Waals surface area contributed by atoms with Crippen molar-refractivity contribution < 1.29 is 19.4 Å². The van der Waals surface area contributed by atoms with Gasteiger partial charge in [-0.05, 0) is 36.6 Å². The van der Waals surface area contributed by atoms with Gasteiger partial charge in [0.1, 0.15) is 6.10 Å². The monoisotopic (exact) mass is 428 g/mol. The quantitative estimate of drug-likeness (QED) is 0.634. The minimum Gasteiger partial charge on any atom is -0.454 e. The van der Waals surface area contributed by atoms with Gasteiger partial charge in [-0.15, -0.1) is 0 Å². The van der Waals surface area contributed by atoms with Crippen molar-refractivity contribution in [3.63, 3.8) is 0 Å². The molecule has 0 radical (unpaired) electrons. The summed E-state index contributed by atoms with van der Waals surface area (Å²) >= 11 is 7.41. The number of anilines is 1. The third kappa shape index (κ3) is 3.25. The number of fused-ring (bicyclic) bond motifs is 1. The number of benzene rings is 2. The number of hydrogen-bond acceptors (Lipinski definition) is 6. The Kier molecular flexibility index (Phi) is 4.46. The maximum Gasteiger partial charge on any atom is 0.236 e. The Labute approximate surface area is 176 Å². The van der Waals surface area contributed by atoms with Crippen LogP contribution in [0.5, 0.6) is 11.5 Å². The predicted molar refractivity (Wildman–Crippen MR) is 110 cm³/mol. The summed E-state index contributed by atoms with van der Waals surface area (Å²) in [4.78, 5) is 17.9. The molecule has 1 aromatic heterocycles. The van der Waals surface area contributed by atoms with E-state index in [4.69, 9.17) is 21.1 Å². The average molecular weight is 429 g/mol. The van der Waals surface area contributed by atoms with Crippen LogP contribution in [0.2, 0.25) is 5.02 Å². The van der Waals surface area contributed by atoms with Gasteiger partial charge in [-0.25, -0.2) is 4.98 Å². The van der Waals surface area contributed by atoms with Gasteiger partial charge in [0.15, 0.2) is 16.6 Å². The molecular formula is C21H17ClN2O4S. The Hall–Kier alpha value is -2.61. The van der Waals surface area contributed by atoms with E-state index in [1.54, 1.807) is 18.3 Å². The summed E-state index contributed by atoms with van der Waals surface area (Å²) < 4.78 is 10.8. The second-order valence-corrected chi connectivity index (χ2v) is 8.57. The molecule has 2 heterocycles. The topological polar surface area (TPSA) is 80.7 Å². The highest BCUT2D eigenvalue weighted by Crippen LogP contribution is 2.51. The molecule has 1 atom stereocenters. The molecule has 5 rings (SSSR count). The Morgan fingerprint density at radius 1 is 1.21 bits per heavy atom. The number of carbonyl (C=O) groups is 1. The first kappa shape index (κ1) is 18.4. The fourth-order valence-corrected chi connectivity index (χ4v) is 4.56. The molecule has 1 aliphatic carbocycles. The maximum absolute atomic E-state index is 13.0. The van der Waals surface area contributed by atoms with Crippen LogP contribution in [-0.4, -0.2) is 22.8 Å². The van der Waals surface area contributed by atoms with E-state index in [1.807, 2.05) is 30.3 Å². The molecule has 2 aliphatic rings. The smallest absolute Gasteiger partial charge is 0.236 e. The summed E-state index contributed by atoms with van der Waals surface area (Å²) in [6.07, 6.45) is 2.20. The molecule has 1 amide bonds. The number of halogens is 1. The molecular weight excluding hydrogens is 412 g/mol. The first-order valence-corrected chi connectivity index (χ1v) is 10.4. The molecule has 0 unspecified atom stereocenters.